The lowest BCUT2D eigenvalue weighted by atomic mass is 10.2. The van der Waals surface area contributed by atoms with Gasteiger partial charge < -0.3 is 10.6 Å². The molecule has 2 N–H and O–H groups in total. The minimum atomic E-state index is -0.450. The van der Waals surface area contributed by atoms with Gasteiger partial charge in [-0.05, 0) is 61.5 Å². The highest BCUT2D eigenvalue weighted by atomic mass is 35.5. The van der Waals surface area contributed by atoms with Crippen molar-refractivity contribution in [1.82, 2.24) is 14.9 Å². The topological polar surface area (TPSA) is 93.1 Å². The SMILES string of the molecule is Cc1nc2ccccc2c(=O)n1-c1ccc(C(=O)NCC(=O)Nc2cc(Cl)ccc2Cl)cc1. The molecule has 0 fully saturated rings. The maximum atomic E-state index is 12.9. The Kier molecular flexibility index (Phi) is 6.44. The smallest absolute Gasteiger partial charge is 0.265 e. The number of carbonyl (C=O) groups excluding carboxylic acids is 2. The number of aromatic nitrogens is 2. The van der Waals surface area contributed by atoms with Crippen molar-refractivity contribution in [3.63, 3.8) is 0 Å². The van der Waals surface area contributed by atoms with E-state index < -0.39 is 11.8 Å². The van der Waals surface area contributed by atoms with E-state index in [4.69, 9.17) is 23.2 Å². The third-order valence-electron chi connectivity index (χ3n) is 4.94. The lowest BCUT2D eigenvalue weighted by molar-refractivity contribution is -0.115. The summed E-state index contributed by atoms with van der Waals surface area (Å²) in [5.74, 6) is -0.351. The molecule has 4 aromatic rings. The van der Waals surface area contributed by atoms with Gasteiger partial charge in [0.05, 0.1) is 33.8 Å². The molecule has 1 heterocycles. The molecule has 2 amide bonds. The Hall–Kier alpha value is -3.68. The predicted octanol–water partition coefficient (Wildman–Crippen LogP) is 4.37. The van der Waals surface area contributed by atoms with Crippen molar-refractivity contribution in [3.8, 4) is 5.69 Å². The number of fused-ring (bicyclic) bond motifs is 1. The van der Waals surface area contributed by atoms with Crippen molar-refractivity contribution in [3.05, 3.63) is 98.5 Å². The molecule has 0 unspecified atom stereocenters. The average Bonchev–Trinajstić information content (AvgIpc) is 2.80. The molecule has 0 radical (unpaired) electrons. The Morgan fingerprint density at radius 2 is 1.73 bits per heavy atom. The van der Waals surface area contributed by atoms with Crippen molar-refractivity contribution >= 4 is 51.6 Å². The third-order valence-corrected chi connectivity index (χ3v) is 5.51. The highest BCUT2D eigenvalue weighted by molar-refractivity contribution is 6.35. The van der Waals surface area contributed by atoms with Crippen molar-refractivity contribution in [2.75, 3.05) is 11.9 Å². The van der Waals surface area contributed by atoms with E-state index in [1.54, 1.807) is 61.5 Å². The Labute approximate surface area is 199 Å². The number of anilines is 1. The minimum absolute atomic E-state index is 0.188. The van der Waals surface area contributed by atoms with Crippen LogP contribution in [0.4, 0.5) is 5.69 Å². The van der Waals surface area contributed by atoms with Gasteiger partial charge in [-0.3, -0.25) is 19.0 Å². The monoisotopic (exact) mass is 480 g/mol. The number of hydrogen-bond acceptors (Lipinski definition) is 4. The molecule has 4 rings (SSSR count). The molecule has 7 nitrogen and oxygen atoms in total. The Morgan fingerprint density at radius 1 is 1.00 bits per heavy atom. The van der Waals surface area contributed by atoms with Crippen molar-refractivity contribution in [2.45, 2.75) is 6.92 Å². The zero-order valence-electron chi connectivity index (χ0n) is 17.4. The number of hydrogen-bond donors (Lipinski definition) is 2. The summed E-state index contributed by atoms with van der Waals surface area (Å²) < 4.78 is 1.49. The summed E-state index contributed by atoms with van der Waals surface area (Å²) in [6, 6.07) is 18.3. The maximum absolute atomic E-state index is 12.9. The molecule has 166 valence electrons. The van der Waals surface area contributed by atoms with E-state index in [1.807, 2.05) is 6.07 Å². The van der Waals surface area contributed by atoms with Gasteiger partial charge in [-0.15, -0.1) is 0 Å². The molecule has 3 aromatic carbocycles. The number of rotatable bonds is 5. The second-order valence-electron chi connectivity index (χ2n) is 7.22. The standard InChI is InChI=1S/C24H18Cl2N4O3/c1-14-28-20-5-3-2-4-18(20)24(33)30(14)17-9-6-15(7-10-17)23(32)27-13-22(31)29-21-12-16(25)8-11-19(21)26/h2-12H,13H2,1H3,(H,27,32)(H,29,31). The molecule has 1 aromatic heterocycles. The molecule has 33 heavy (non-hydrogen) atoms. The van der Waals surface area contributed by atoms with Crippen molar-refractivity contribution in [1.29, 1.82) is 0 Å². The van der Waals surface area contributed by atoms with Crippen LogP contribution < -0.4 is 16.2 Å². The Balaban J connectivity index is 1.46. The lowest BCUT2D eigenvalue weighted by Gasteiger charge is -2.12. The van der Waals surface area contributed by atoms with E-state index in [0.29, 0.717) is 43.7 Å². The van der Waals surface area contributed by atoms with Gasteiger partial charge in [0, 0.05) is 10.6 Å². The Morgan fingerprint density at radius 3 is 2.48 bits per heavy atom. The van der Waals surface area contributed by atoms with Gasteiger partial charge in [0.25, 0.3) is 11.5 Å². The number of halogens is 2. The van der Waals surface area contributed by atoms with E-state index in [-0.39, 0.29) is 12.1 Å². The zero-order valence-corrected chi connectivity index (χ0v) is 18.9. The first-order valence-corrected chi connectivity index (χ1v) is 10.7. The average molecular weight is 481 g/mol. The summed E-state index contributed by atoms with van der Waals surface area (Å²) in [5.41, 5.74) is 1.72. The largest absolute Gasteiger partial charge is 0.343 e. The summed E-state index contributed by atoms with van der Waals surface area (Å²) in [5, 5.41) is 6.42. The summed E-state index contributed by atoms with van der Waals surface area (Å²) in [6.45, 7) is 1.50. The molecular formula is C24H18Cl2N4O3. The quantitative estimate of drug-likeness (QED) is 0.443. The molecule has 0 atom stereocenters. The number of nitrogens with zero attached hydrogens (tertiary/aromatic N) is 2. The third kappa shape index (κ3) is 4.89. The number of aryl methyl sites for hydroxylation is 1. The van der Waals surface area contributed by atoms with Gasteiger partial charge >= 0.3 is 0 Å². The number of amides is 2. The number of carbonyl (C=O) groups is 2. The summed E-state index contributed by atoms with van der Waals surface area (Å²) in [6.07, 6.45) is 0. The van der Waals surface area contributed by atoms with E-state index in [1.165, 1.54) is 10.6 Å². The highest BCUT2D eigenvalue weighted by Gasteiger charge is 2.13. The molecule has 0 aliphatic carbocycles. The summed E-state index contributed by atoms with van der Waals surface area (Å²) in [7, 11) is 0. The van der Waals surface area contributed by atoms with Crippen LogP contribution in [0.1, 0.15) is 16.2 Å². The van der Waals surface area contributed by atoms with Crippen molar-refractivity contribution < 1.29 is 9.59 Å². The number of nitrogens with one attached hydrogen (secondary N) is 2. The van der Waals surface area contributed by atoms with Crippen LogP contribution in [0.25, 0.3) is 16.6 Å². The van der Waals surface area contributed by atoms with Gasteiger partial charge in [-0.2, -0.15) is 0 Å². The fourth-order valence-electron chi connectivity index (χ4n) is 3.36. The summed E-state index contributed by atoms with van der Waals surface area (Å²) in [4.78, 5) is 42.0. The van der Waals surface area contributed by atoms with Crippen LogP contribution in [0, 0.1) is 6.92 Å². The van der Waals surface area contributed by atoms with Gasteiger partial charge in [0.15, 0.2) is 0 Å². The van der Waals surface area contributed by atoms with Crippen molar-refractivity contribution in [2.24, 2.45) is 0 Å². The fraction of sp³-hybridized carbons (Fsp3) is 0.0833. The van der Waals surface area contributed by atoms with Crippen LogP contribution in [0.3, 0.4) is 0 Å². The van der Waals surface area contributed by atoms with Gasteiger partial charge in [-0.25, -0.2) is 4.98 Å². The number of para-hydroxylation sites is 1. The molecule has 0 aliphatic rings. The molecule has 0 aliphatic heterocycles. The van der Waals surface area contributed by atoms with Crippen LogP contribution in [0.2, 0.25) is 10.0 Å². The molecule has 0 spiro atoms. The maximum Gasteiger partial charge on any atom is 0.265 e. The van der Waals surface area contributed by atoms with Crippen LogP contribution in [0.5, 0.6) is 0 Å². The molecule has 9 heteroatoms. The van der Waals surface area contributed by atoms with Gasteiger partial charge in [-0.1, -0.05) is 35.3 Å². The van der Waals surface area contributed by atoms with Crippen LogP contribution in [-0.4, -0.2) is 27.9 Å². The second kappa shape index (κ2) is 9.44. The normalized spacial score (nSPS) is 10.8. The summed E-state index contributed by atoms with van der Waals surface area (Å²) >= 11 is 11.9. The first kappa shape index (κ1) is 22.5. The number of benzene rings is 3. The zero-order chi connectivity index (χ0) is 23.5. The minimum Gasteiger partial charge on any atom is -0.343 e. The van der Waals surface area contributed by atoms with Gasteiger partial charge in [0.2, 0.25) is 5.91 Å². The first-order valence-electron chi connectivity index (χ1n) is 9.95. The molecule has 0 bridgehead atoms. The Bertz CT molecular complexity index is 1430. The van der Waals surface area contributed by atoms with E-state index in [2.05, 4.69) is 15.6 Å². The molecule has 0 saturated heterocycles. The second-order valence-corrected chi connectivity index (χ2v) is 8.06. The molecular weight excluding hydrogens is 463 g/mol. The highest BCUT2D eigenvalue weighted by Crippen LogP contribution is 2.25. The van der Waals surface area contributed by atoms with E-state index in [0.717, 1.165) is 0 Å². The van der Waals surface area contributed by atoms with E-state index in [9.17, 15) is 14.4 Å². The van der Waals surface area contributed by atoms with Crippen LogP contribution in [-0.2, 0) is 4.79 Å². The molecule has 0 saturated carbocycles. The van der Waals surface area contributed by atoms with Gasteiger partial charge in [0.1, 0.15) is 5.82 Å². The lowest BCUT2D eigenvalue weighted by Crippen LogP contribution is -2.33. The fourth-order valence-corrected chi connectivity index (χ4v) is 3.70. The van der Waals surface area contributed by atoms with Crippen LogP contribution in [0.15, 0.2) is 71.5 Å². The first-order chi connectivity index (χ1) is 15.8. The predicted molar refractivity (Wildman–Crippen MR) is 130 cm³/mol. The van der Waals surface area contributed by atoms with Crippen LogP contribution >= 0.6 is 23.2 Å². The van der Waals surface area contributed by atoms with E-state index >= 15 is 0 Å².